The maximum absolute atomic E-state index is 11.4. The first-order valence-corrected chi connectivity index (χ1v) is 5.41. The Balaban J connectivity index is 2.14. The van der Waals surface area contributed by atoms with Crippen LogP contribution in [0.2, 0.25) is 5.02 Å². The Labute approximate surface area is 98.4 Å². The van der Waals surface area contributed by atoms with Crippen LogP contribution in [0.15, 0.2) is 24.3 Å². The van der Waals surface area contributed by atoms with Crippen LogP contribution in [0.3, 0.4) is 0 Å². The lowest BCUT2D eigenvalue weighted by Crippen LogP contribution is -2.27. The van der Waals surface area contributed by atoms with Gasteiger partial charge in [-0.25, -0.2) is 4.79 Å². The highest BCUT2D eigenvalue weighted by Gasteiger charge is 2.32. The standard InChI is InChI=1S/C11H12ClNO3/c12-9-4-2-1-3-8(9)10-7-13(5-6-14)11(15)16-10/h1-4,10,14H,5-7H2. The van der Waals surface area contributed by atoms with E-state index in [0.29, 0.717) is 18.1 Å². The number of hydrogen-bond donors (Lipinski definition) is 1. The van der Waals surface area contributed by atoms with Crippen LogP contribution >= 0.6 is 11.6 Å². The Morgan fingerprint density at radius 1 is 1.50 bits per heavy atom. The molecular weight excluding hydrogens is 230 g/mol. The van der Waals surface area contributed by atoms with E-state index in [0.717, 1.165) is 5.56 Å². The van der Waals surface area contributed by atoms with E-state index in [9.17, 15) is 4.79 Å². The van der Waals surface area contributed by atoms with Crippen molar-refractivity contribution in [2.24, 2.45) is 0 Å². The highest BCUT2D eigenvalue weighted by Crippen LogP contribution is 2.30. The molecule has 0 aliphatic carbocycles. The lowest BCUT2D eigenvalue weighted by molar-refractivity contribution is 0.130. The van der Waals surface area contributed by atoms with Gasteiger partial charge in [-0.2, -0.15) is 0 Å². The number of β-amino-alcohol motifs (C(OH)–C–C–N with tert-alkyl or cyclic N) is 1. The second-order valence-corrected chi connectivity index (χ2v) is 3.97. The predicted molar refractivity (Wildman–Crippen MR) is 59.3 cm³/mol. The Hall–Kier alpha value is -1.26. The molecule has 0 saturated carbocycles. The Bertz CT molecular complexity index is 397. The van der Waals surface area contributed by atoms with E-state index in [1.54, 1.807) is 6.07 Å². The molecule has 1 fully saturated rings. The van der Waals surface area contributed by atoms with Crippen molar-refractivity contribution in [3.8, 4) is 0 Å². The summed E-state index contributed by atoms with van der Waals surface area (Å²) in [5.41, 5.74) is 0.804. The van der Waals surface area contributed by atoms with Crippen molar-refractivity contribution < 1.29 is 14.6 Å². The average molecular weight is 242 g/mol. The number of nitrogens with zero attached hydrogens (tertiary/aromatic N) is 1. The number of ether oxygens (including phenoxy) is 1. The number of cyclic esters (lactones) is 1. The molecule has 1 unspecified atom stereocenters. The van der Waals surface area contributed by atoms with Crippen LogP contribution in [0.5, 0.6) is 0 Å². The largest absolute Gasteiger partial charge is 0.439 e. The van der Waals surface area contributed by atoms with Crippen LogP contribution in [0.4, 0.5) is 4.79 Å². The summed E-state index contributed by atoms with van der Waals surface area (Å²) >= 11 is 6.02. The molecule has 1 saturated heterocycles. The highest BCUT2D eigenvalue weighted by atomic mass is 35.5. The van der Waals surface area contributed by atoms with E-state index in [1.807, 2.05) is 18.2 Å². The van der Waals surface area contributed by atoms with Gasteiger partial charge in [-0.1, -0.05) is 29.8 Å². The molecule has 1 aliphatic rings. The number of hydrogen-bond acceptors (Lipinski definition) is 3. The third-order valence-corrected chi connectivity index (χ3v) is 2.85. The van der Waals surface area contributed by atoms with E-state index >= 15 is 0 Å². The van der Waals surface area contributed by atoms with Gasteiger partial charge in [-0.05, 0) is 6.07 Å². The van der Waals surface area contributed by atoms with Crippen LogP contribution in [0.1, 0.15) is 11.7 Å². The number of carbonyl (C=O) groups excluding carboxylic acids is 1. The maximum atomic E-state index is 11.4. The monoisotopic (exact) mass is 241 g/mol. The summed E-state index contributed by atoms with van der Waals surface area (Å²) in [6, 6.07) is 7.28. The Morgan fingerprint density at radius 3 is 2.94 bits per heavy atom. The number of aliphatic hydroxyl groups is 1. The predicted octanol–water partition coefficient (Wildman–Crippen LogP) is 1.83. The van der Waals surface area contributed by atoms with E-state index < -0.39 is 6.09 Å². The number of aliphatic hydroxyl groups excluding tert-OH is 1. The summed E-state index contributed by atoms with van der Waals surface area (Å²) in [6.07, 6.45) is -0.744. The maximum Gasteiger partial charge on any atom is 0.410 e. The van der Waals surface area contributed by atoms with E-state index in [2.05, 4.69) is 0 Å². The third kappa shape index (κ3) is 2.13. The minimum atomic E-state index is -0.404. The summed E-state index contributed by atoms with van der Waals surface area (Å²) in [6.45, 7) is 0.660. The zero-order chi connectivity index (χ0) is 11.5. The van der Waals surface area contributed by atoms with Crippen LogP contribution in [-0.2, 0) is 4.74 Å². The molecule has 1 aromatic carbocycles. The second kappa shape index (κ2) is 4.72. The third-order valence-electron chi connectivity index (χ3n) is 2.51. The first kappa shape index (κ1) is 11.2. The highest BCUT2D eigenvalue weighted by molar-refractivity contribution is 6.31. The fraction of sp³-hybridized carbons (Fsp3) is 0.364. The molecule has 1 amide bonds. The molecule has 1 aliphatic heterocycles. The smallest absolute Gasteiger partial charge is 0.410 e. The van der Waals surface area contributed by atoms with Crippen LogP contribution < -0.4 is 0 Å². The molecule has 0 bridgehead atoms. The minimum Gasteiger partial charge on any atom is -0.439 e. The number of rotatable bonds is 3. The fourth-order valence-electron chi connectivity index (χ4n) is 1.71. The summed E-state index contributed by atoms with van der Waals surface area (Å²) in [5, 5.41) is 9.37. The summed E-state index contributed by atoms with van der Waals surface area (Å²) < 4.78 is 5.18. The van der Waals surface area contributed by atoms with Crippen molar-refractivity contribution in [1.82, 2.24) is 4.90 Å². The topological polar surface area (TPSA) is 49.8 Å². The van der Waals surface area contributed by atoms with E-state index in [1.165, 1.54) is 4.90 Å². The van der Waals surface area contributed by atoms with E-state index in [-0.39, 0.29) is 12.7 Å². The number of carbonyl (C=O) groups is 1. The summed E-state index contributed by atoms with van der Waals surface area (Å²) in [4.78, 5) is 12.9. The quantitative estimate of drug-likeness (QED) is 0.878. The van der Waals surface area contributed by atoms with Crippen LogP contribution in [0.25, 0.3) is 0 Å². The lowest BCUT2D eigenvalue weighted by atomic mass is 10.1. The van der Waals surface area contributed by atoms with Crippen molar-refractivity contribution in [3.05, 3.63) is 34.9 Å². The van der Waals surface area contributed by atoms with Gasteiger partial charge >= 0.3 is 6.09 Å². The molecule has 0 radical (unpaired) electrons. The summed E-state index contributed by atoms with van der Waals surface area (Å²) in [7, 11) is 0. The molecule has 5 heteroatoms. The zero-order valence-corrected chi connectivity index (χ0v) is 9.35. The molecular formula is C11H12ClNO3. The number of amides is 1. The normalized spacial score (nSPS) is 20.0. The van der Waals surface area contributed by atoms with Crippen LogP contribution in [0, 0.1) is 0 Å². The summed E-state index contributed by atoms with van der Waals surface area (Å²) in [5.74, 6) is 0. The van der Waals surface area contributed by atoms with Gasteiger partial charge in [0.05, 0.1) is 13.2 Å². The van der Waals surface area contributed by atoms with Crippen molar-refractivity contribution in [1.29, 1.82) is 0 Å². The van der Waals surface area contributed by atoms with Crippen molar-refractivity contribution in [2.75, 3.05) is 19.7 Å². The van der Waals surface area contributed by atoms with Gasteiger partial charge in [0.2, 0.25) is 0 Å². The average Bonchev–Trinajstić information content (AvgIpc) is 2.61. The molecule has 0 aromatic heterocycles. The van der Waals surface area contributed by atoms with Gasteiger partial charge in [0.1, 0.15) is 6.10 Å². The molecule has 1 heterocycles. The van der Waals surface area contributed by atoms with Gasteiger partial charge in [-0.3, -0.25) is 0 Å². The molecule has 1 aromatic rings. The van der Waals surface area contributed by atoms with Gasteiger partial charge in [-0.15, -0.1) is 0 Å². The molecule has 86 valence electrons. The Morgan fingerprint density at radius 2 is 2.25 bits per heavy atom. The number of halogens is 1. The Kier molecular flexibility index (Phi) is 3.31. The zero-order valence-electron chi connectivity index (χ0n) is 8.60. The van der Waals surface area contributed by atoms with E-state index in [4.69, 9.17) is 21.4 Å². The molecule has 4 nitrogen and oxygen atoms in total. The lowest BCUT2D eigenvalue weighted by Gasteiger charge is -2.11. The van der Waals surface area contributed by atoms with Crippen molar-refractivity contribution in [3.63, 3.8) is 0 Å². The molecule has 2 rings (SSSR count). The minimum absolute atomic E-state index is 0.0651. The first-order valence-electron chi connectivity index (χ1n) is 5.03. The van der Waals surface area contributed by atoms with Gasteiger partial charge in [0.25, 0.3) is 0 Å². The van der Waals surface area contributed by atoms with Gasteiger partial charge in [0, 0.05) is 17.1 Å². The molecule has 0 spiro atoms. The van der Waals surface area contributed by atoms with Gasteiger partial charge in [0.15, 0.2) is 0 Å². The molecule has 16 heavy (non-hydrogen) atoms. The van der Waals surface area contributed by atoms with Crippen LogP contribution in [-0.4, -0.2) is 35.8 Å². The first-order chi connectivity index (χ1) is 7.72. The van der Waals surface area contributed by atoms with Crippen molar-refractivity contribution >= 4 is 17.7 Å². The second-order valence-electron chi connectivity index (χ2n) is 3.56. The van der Waals surface area contributed by atoms with Gasteiger partial charge < -0.3 is 14.7 Å². The number of benzene rings is 1. The molecule has 1 N–H and O–H groups in total. The molecule has 1 atom stereocenters. The fourth-order valence-corrected chi connectivity index (χ4v) is 1.97. The van der Waals surface area contributed by atoms with Crippen molar-refractivity contribution in [2.45, 2.75) is 6.10 Å². The SMILES string of the molecule is O=C1OC(c2ccccc2Cl)CN1CCO.